The highest BCUT2D eigenvalue weighted by molar-refractivity contribution is 9.10. The predicted molar refractivity (Wildman–Crippen MR) is 64.4 cm³/mol. The number of hydrogen-bond acceptors (Lipinski definition) is 3. The Balaban J connectivity index is 2.89. The summed E-state index contributed by atoms with van der Waals surface area (Å²) < 4.78 is 0.697. The number of hydrogen-bond donors (Lipinski definition) is 3. The van der Waals surface area contributed by atoms with Crippen LogP contribution in [0.2, 0.25) is 0 Å². The third kappa shape index (κ3) is 3.21. The maximum Gasteiger partial charge on any atom is 0.255 e. The summed E-state index contributed by atoms with van der Waals surface area (Å²) in [5.41, 5.74) is -0.527. The first-order valence-corrected chi connectivity index (χ1v) is 5.57. The largest absolute Gasteiger partial charge is 0.507 e. The summed E-state index contributed by atoms with van der Waals surface area (Å²) in [5, 5.41) is 21.2. The molecule has 0 heterocycles. The van der Waals surface area contributed by atoms with Crippen LogP contribution in [0.4, 0.5) is 0 Å². The summed E-state index contributed by atoms with van der Waals surface area (Å²) >= 11 is 3.19. The van der Waals surface area contributed by atoms with Crippen LogP contribution in [0.15, 0.2) is 22.7 Å². The molecule has 0 aliphatic rings. The molecule has 0 fully saturated rings. The van der Waals surface area contributed by atoms with E-state index in [0.29, 0.717) is 4.47 Å². The zero-order valence-electron chi connectivity index (χ0n) is 9.12. The van der Waals surface area contributed by atoms with Gasteiger partial charge in [0.05, 0.1) is 17.7 Å². The zero-order valence-corrected chi connectivity index (χ0v) is 10.7. The van der Waals surface area contributed by atoms with Gasteiger partial charge in [-0.25, -0.2) is 0 Å². The third-order valence-corrected chi connectivity index (χ3v) is 2.54. The van der Waals surface area contributed by atoms with Crippen molar-refractivity contribution in [1.82, 2.24) is 5.32 Å². The van der Waals surface area contributed by atoms with E-state index in [-0.39, 0.29) is 17.9 Å². The molecule has 0 spiro atoms. The highest BCUT2D eigenvalue weighted by Crippen LogP contribution is 2.22. The first-order valence-electron chi connectivity index (χ1n) is 4.77. The van der Waals surface area contributed by atoms with Gasteiger partial charge in [0.25, 0.3) is 5.91 Å². The van der Waals surface area contributed by atoms with Crippen molar-refractivity contribution in [2.45, 2.75) is 19.4 Å². The van der Waals surface area contributed by atoms with E-state index in [1.807, 2.05) is 0 Å². The van der Waals surface area contributed by atoms with Crippen molar-refractivity contribution in [3.63, 3.8) is 0 Å². The van der Waals surface area contributed by atoms with Gasteiger partial charge in [0.15, 0.2) is 0 Å². The molecule has 0 bridgehead atoms. The number of halogens is 1. The fourth-order valence-electron chi connectivity index (χ4n) is 1.11. The summed E-state index contributed by atoms with van der Waals surface area (Å²) in [6.07, 6.45) is 0. The standard InChI is InChI=1S/C11H14BrNO3/c1-11(2,6-14)13-10(16)8-4-3-7(12)5-9(8)15/h3-5,14-15H,6H2,1-2H3,(H,13,16). The number of benzene rings is 1. The van der Waals surface area contributed by atoms with Crippen LogP contribution in [-0.2, 0) is 0 Å². The molecule has 0 atom stereocenters. The summed E-state index contributed by atoms with van der Waals surface area (Å²) in [6, 6.07) is 4.63. The first-order chi connectivity index (χ1) is 7.35. The van der Waals surface area contributed by atoms with Crippen LogP contribution in [0.25, 0.3) is 0 Å². The van der Waals surface area contributed by atoms with Gasteiger partial charge in [-0.05, 0) is 32.0 Å². The third-order valence-electron chi connectivity index (χ3n) is 2.05. The monoisotopic (exact) mass is 287 g/mol. The lowest BCUT2D eigenvalue weighted by Crippen LogP contribution is -2.46. The second-order valence-electron chi connectivity index (χ2n) is 4.16. The average Bonchev–Trinajstić information content (AvgIpc) is 2.16. The Hall–Kier alpha value is -1.07. The van der Waals surface area contributed by atoms with Crippen molar-refractivity contribution < 1.29 is 15.0 Å². The number of carbonyl (C=O) groups excluding carboxylic acids is 1. The highest BCUT2D eigenvalue weighted by Gasteiger charge is 2.21. The van der Waals surface area contributed by atoms with Crippen molar-refractivity contribution in [2.75, 3.05) is 6.61 Å². The SMILES string of the molecule is CC(C)(CO)NC(=O)c1ccc(Br)cc1O. The quantitative estimate of drug-likeness (QED) is 0.792. The average molecular weight is 288 g/mol. The Labute approximate surface area is 102 Å². The van der Waals surface area contributed by atoms with Crippen molar-refractivity contribution in [3.05, 3.63) is 28.2 Å². The lowest BCUT2D eigenvalue weighted by Gasteiger charge is -2.23. The lowest BCUT2D eigenvalue weighted by molar-refractivity contribution is 0.0866. The summed E-state index contributed by atoms with van der Waals surface area (Å²) in [7, 11) is 0. The van der Waals surface area contributed by atoms with Gasteiger partial charge in [-0.1, -0.05) is 15.9 Å². The van der Waals surface area contributed by atoms with E-state index < -0.39 is 11.4 Å². The molecule has 0 aliphatic heterocycles. The van der Waals surface area contributed by atoms with E-state index in [1.165, 1.54) is 12.1 Å². The summed E-state index contributed by atoms with van der Waals surface area (Å²) in [4.78, 5) is 11.8. The molecular weight excluding hydrogens is 274 g/mol. The smallest absolute Gasteiger partial charge is 0.255 e. The second kappa shape index (κ2) is 4.84. The van der Waals surface area contributed by atoms with E-state index in [4.69, 9.17) is 5.11 Å². The maximum absolute atomic E-state index is 11.8. The van der Waals surface area contributed by atoms with Crippen LogP contribution in [-0.4, -0.2) is 28.3 Å². The van der Waals surface area contributed by atoms with Crippen molar-refractivity contribution in [2.24, 2.45) is 0 Å². The van der Waals surface area contributed by atoms with Crippen molar-refractivity contribution in [3.8, 4) is 5.75 Å². The van der Waals surface area contributed by atoms with Gasteiger partial charge in [0.2, 0.25) is 0 Å². The molecule has 1 aromatic carbocycles. The number of aliphatic hydroxyl groups is 1. The predicted octanol–water partition coefficient (Wildman–Crippen LogP) is 1.66. The fraction of sp³-hybridized carbons (Fsp3) is 0.364. The Morgan fingerprint density at radius 2 is 2.12 bits per heavy atom. The van der Waals surface area contributed by atoms with Gasteiger partial charge in [0.1, 0.15) is 5.75 Å². The number of carbonyl (C=O) groups is 1. The van der Waals surface area contributed by atoms with Crippen LogP contribution in [0.1, 0.15) is 24.2 Å². The summed E-state index contributed by atoms with van der Waals surface area (Å²) in [5.74, 6) is -0.510. The molecule has 0 saturated heterocycles. The van der Waals surface area contributed by atoms with Crippen LogP contribution < -0.4 is 5.32 Å². The van der Waals surface area contributed by atoms with Crippen molar-refractivity contribution >= 4 is 21.8 Å². The lowest BCUT2D eigenvalue weighted by atomic mass is 10.1. The van der Waals surface area contributed by atoms with E-state index in [9.17, 15) is 9.90 Å². The zero-order chi connectivity index (χ0) is 12.3. The number of nitrogens with one attached hydrogen (secondary N) is 1. The Morgan fingerprint density at radius 3 is 2.62 bits per heavy atom. The van der Waals surface area contributed by atoms with E-state index >= 15 is 0 Å². The molecule has 5 heteroatoms. The van der Waals surface area contributed by atoms with E-state index in [0.717, 1.165) is 0 Å². The van der Waals surface area contributed by atoms with Gasteiger partial charge in [0, 0.05) is 4.47 Å². The molecule has 0 radical (unpaired) electrons. The van der Waals surface area contributed by atoms with Gasteiger partial charge in [-0.2, -0.15) is 0 Å². The molecule has 4 nitrogen and oxygen atoms in total. The number of aromatic hydroxyl groups is 1. The molecule has 0 unspecified atom stereocenters. The molecule has 88 valence electrons. The Morgan fingerprint density at radius 1 is 1.50 bits per heavy atom. The molecular formula is C11H14BrNO3. The minimum Gasteiger partial charge on any atom is -0.507 e. The van der Waals surface area contributed by atoms with Crippen LogP contribution >= 0.6 is 15.9 Å². The highest BCUT2D eigenvalue weighted by atomic mass is 79.9. The molecule has 0 saturated carbocycles. The second-order valence-corrected chi connectivity index (χ2v) is 5.07. The number of phenolic OH excluding ortho intramolecular Hbond substituents is 1. The van der Waals surface area contributed by atoms with Gasteiger partial charge >= 0.3 is 0 Å². The van der Waals surface area contributed by atoms with Crippen LogP contribution in [0, 0.1) is 0 Å². The molecule has 0 aromatic heterocycles. The van der Waals surface area contributed by atoms with Gasteiger partial charge in [-0.15, -0.1) is 0 Å². The molecule has 1 aromatic rings. The van der Waals surface area contributed by atoms with Crippen LogP contribution in [0.5, 0.6) is 5.75 Å². The number of rotatable bonds is 3. The molecule has 16 heavy (non-hydrogen) atoms. The first kappa shape index (κ1) is 13.0. The normalized spacial score (nSPS) is 11.2. The minimum absolute atomic E-state index is 0.0967. The molecule has 1 amide bonds. The number of phenols is 1. The topological polar surface area (TPSA) is 69.6 Å². The molecule has 0 aliphatic carbocycles. The number of amides is 1. The Bertz CT molecular complexity index is 404. The molecule has 3 N–H and O–H groups in total. The maximum atomic E-state index is 11.8. The fourth-order valence-corrected chi connectivity index (χ4v) is 1.46. The number of aliphatic hydroxyl groups excluding tert-OH is 1. The van der Waals surface area contributed by atoms with E-state index in [2.05, 4.69) is 21.2 Å². The van der Waals surface area contributed by atoms with Gasteiger partial charge < -0.3 is 15.5 Å². The van der Waals surface area contributed by atoms with Crippen LogP contribution in [0.3, 0.4) is 0 Å². The minimum atomic E-state index is -0.712. The van der Waals surface area contributed by atoms with E-state index in [1.54, 1.807) is 19.9 Å². The van der Waals surface area contributed by atoms with Crippen molar-refractivity contribution in [1.29, 1.82) is 0 Å². The Kier molecular flexibility index (Phi) is 3.93. The molecule has 1 rings (SSSR count). The summed E-state index contributed by atoms with van der Waals surface area (Å²) in [6.45, 7) is 3.22. The van der Waals surface area contributed by atoms with Gasteiger partial charge in [-0.3, -0.25) is 4.79 Å².